The molecule has 1 heterocycles. The molecule has 1 atom stereocenters. The van der Waals surface area contributed by atoms with E-state index in [9.17, 15) is 9.90 Å². The van der Waals surface area contributed by atoms with Gasteiger partial charge in [0.25, 0.3) is 0 Å². The quantitative estimate of drug-likeness (QED) is 0.604. The van der Waals surface area contributed by atoms with Gasteiger partial charge in [0, 0.05) is 13.5 Å². The molecule has 13 heavy (non-hydrogen) atoms. The second-order valence-corrected chi connectivity index (χ2v) is 2.59. The summed E-state index contributed by atoms with van der Waals surface area (Å²) in [7, 11) is 2.92. The molecule has 6 nitrogen and oxygen atoms in total. The fourth-order valence-corrected chi connectivity index (χ4v) is 0.913. The van der Waals surface area contributed by atoms with Gasteiger partial charge >= 0.3 is 5.97 Å². The molecular formula is C7H11N3O3. The molecule has 1 aromatic heterocycles. The van der Waals surface area contributed by atoms with Crippen LogP contribution in [0.15, 0.2) is 6.20 Å². The molecule has 1 aromatic rings. The van der Waals surface area contributed by atoms with E-state index in [-0.39, 0.29) is 6.42 Å². The summed E-state index contributed by atoms with van der Waals surface area (Å²) >= 11 is 0. The van der Waals surface area contributed by atoms with Crippen LogP contribution < -0.4 is 0 Å². The first-order valence-corrected chi connectivity index (χ1v) is 3.74. The van der Waals surface area contributed by atoms with Gasteiger partial charge in [0.15, 0.2) is 6.10 Å². The summed E-state index contributed by atoms with van der Waals surface area (Å²) in [6, 6.07) is 0. The smallest absolute Gasteiger partial charge is 0.335 e. The van der Waals surface area contributed by atoms with Crippen LogP contribution in [0.5, 0.6) is 0 Å². The summed E-state index contributed by atoms with van der Waals surface area (Å²) in [5.74, 6) is -0.652. The van der Waals surface area contributed by atoms with E-state index < -0.39 is 12.1 Å². The SMILES string of the molecule is COC(=O)C(O)Cc1cnnn1C. The Morgan fingerprint density at radius 2 is 2.54 bits per heavy atom. The number of aliphatic hydroxyl groups is 1. The maximum absolute atomic E-state index is 10.8. The Morgan fingerprint density at radius 1 is 1.85 bits per heavy atom. The number of carbonyl (C=O) groups is 1. The fourth-order valence-electron chi connectivity index (χ4n) is 0.913. The van der Waals surface area contributed by atoms with Gasteiger partial charge < -0.3 is 9.84 Å². The molecule has 0 amide bonds. The normalized spacial score (nSPS) is 12.5. The third-order valence-corrected chi connectivity index (χ3v) is 1.68. The number of nitrogens with zero attached hydrogens (tertiary/aromatic N) is 3. The van der Waals surface area contributed by atoms with E-state index >= 15 is 0 Å². The van der Waals surface area contributed by atoms with Crippen molar-refractivity contribution in [1.29, 1.82) is 0 Å². The van der Waals surface area contributed by atoms with Gasteiger partial charge in [-0.3, -0.25) is 4.68 Å². The highest BCUT2D eigenvalue weighted by atomic mass is 16.5. The number of carbonyl (C=O) groups excluding carboxylic acids is 1. The number of ether oxygens (including phenoxy) is 1. The summed E-state index contributed by atoms with van der Waals surface area (Å²) in [5.41, 5.74) is 0.679. The lowest BCUT2D eigenvalue weighted by molar-refractivity contribution is -0.150. The monoisotopic (exact) mass is 185 g/mol. The van der Waals surface area contributed by atoms with E-state index in [1.807, 2.05) is 0 Å². The van der Waals surface area contributed by atoms with Crippen LogP contribution in [0, 0.1) is 0 Å². The molecule has 6 heteroatoms. The first kappa shape index (κ1) is 9.66. The van der Waals surface area contributed by atoms with Crippen LogP contribution in [0.4, 0.5) is 0 Å². The maximum atomic E-state index is 10.8. The molecule has 0 radical (unpaired) electrons. The fraction of sp³-hybridized carbons (Fsp3) is 0.571. The third kappa shape index (κ3) is 2.25. The van der Waals surface area contributed by atoms with Crippen LogP contribution in [0.1, 0.15) is 5.69 Å². The second-order valence-electron chi connectivity index (χ2n) is 2.59. The molecule has 0 aromatic carbocycles. The van der Waals surface area contributed by atoms with E-state index in [0.29, 0.717) is 5.69 Å². The van der Waals surface area contributed by atoms with Crippen molar-refractivity contribution in [2.45, 2.75) is 12.5 Å². The number of aryl methyl sites for hydroxylation is 1. The predicted molar refractivity (Wildman–Crippen MR) is 42.7 cm³/mol. The van der Waals surface area contributed by atoms with Crippen molar-refractivity contribution in [3.05, 3.63) is 11.9 Å². The number of hydrogen-bond acceptors (Lipinski definition) is 5. The van der Waals surface area contributed by atoms with Gasteiger partial charge in [0.2, 0.25) is 0 Å². The molecule has 0 spiro atoms. The van der Waals surface area contributed by atoms with Crippen LogP contribution in [-0.2, 0) is 23.0 Å². The molecule has 0 saturated heterocycles. The van der Waals surface area contributed by atoms with Crippen molar-refractivity contribution >= 4 is 5.97 Å². The molecule has 0 saturated carbocycles. The lowest BCUT2D eigenvalue weighted by Crippen LogP contribution is -2.25. The van der Waals surface area contributed by atoms with Crippen molar-refractivity contribution in [2.75, 3.05) is 7.11 Å². The highest BCUT2D eigenvalue weighted by molar-refractivity contribution is 5.74. The second kappa shape index (κ2) is 3.99. The molecule has 1 unspecified atom stereocenters. The number of rotatable bonds is 3. The van der Waals surface area contributed by atoms with Crippen molar-refractivity contribution in [3.63, 3.8) is 0 Å². The maximum Gasteiger partial charge on any atom is 0.335 e. The van der Waals surface area contributed by atoms with Gasteiger partial charge in [0.1, 0.15) is 0 Å². The molecule has 0 aliphatic heterocycles. The number of methoxy groups -OCH3 is 1. The van der Waals surface area contributed by atoms with Crippen molar-refractivity contribution < 1.29 is 14.6 Å². The van der Waals surface area contributed by atoms with Gasteiger partial charge in [-0.25, -0.2) is 4.79 Å². The van der Waals surface area contributed by atoms with Crippen molar-refractivity contribution in [1.82, 2.24) is 15.0 Å². The van der Waals surface area contributed by atoms with E-state index in [1.165, 1.54) is 18.0 Å². The number of hydrogen-bond donors (Lipinski definition) is 1. The van der Waals surface area contributed by atoms with E-state index in [2.05, 4.69) is 15.0 Å². The first-order valence-electron chi connectivity index (χ1n) is 3.74. The molecule has 0 aliphatic carbocycles. The van der Waals surface area contributed by atoms with Gasteiger partial charge in [-0.15, -0.1) is 5.10 Å². The Kier molecular flexibility index (Phi) is 2.97. The lowest BCUT2D eigenvalue weighted by atomic mass is 10.2. The van der Waals surface area contributed by atoms with Crippen molar-refractivity contribution in [2.24, 2.45) is 7.05 Å². The molecule has 0 aliphatic rings. The number of esters is 1. The summed E-state index contributed by atoms with van der Waals surface area (Å²) in [4.78, 5) is 10.8. The summed E-state index contributed by atoms with van der Waals surface area (Å²) in [6.07, 6.45) is 0.504. The first-order chi connectivity index (χ1) is 6.15. The molecule has 1 N–H and O–H groups in total. The van der Waals surface area contributed by atoms with Gasteiger partial charge in [-0.05, 0) is 0 Å². The molecule has 72 valence electrons. The van der Waals surface area contributed by atoms with E-state index in [1.54, 1.807) is 7.05 Å². The van der Waals surface area contributed by atoms with E-state index in [0.717, 1.165) is 0 Å². The minimum absolute atomic E-state index is 0.163. The minimum Gasteiger partial charge on any atom is -0.467 e. The van der Waals surface area contributed by atoms with Gasteiger partial charge in [0.05, 0.1) is 19.0 Å². The van der Waals surface area contributed by atoms with Crippen LogP contribution in [-0.4, -0.2) is 39.3 Å². The standard InChI is InChI=1S/C7H11N3O3/c1-10-5(4-8-9-10)3-6(11)7(12)13-2/h4,6,11H,3H2,1-2H3. The molecule has 0 fully saturated rings. The zero-order chi connectivity index (χ0) is 9.84. The molecular weight excluding hydrogens is 174 g/mol. The Bertz CT molecular complexity index is 297. The highest BCUT2D eigenvalue weighted by Crippen LogP contribution is 2.00. The number of aliphatic hydroxyl groups excluding tert-OH is 1. The average Bonchev–Trinajstić information content (AvgIpc) is 2.50. The molecule has 0 bridgehead atoms. The molecule has 1 rings (SSSR count). The number of aromatic nitrogens is 3. The van der Waals surface area contributed by atoms with Crippen LogP contribution in [0.25, 0.3) is 0 Å². The lowest BCUT2D eigenvalue weighted by Gasteiger charge is -2.06. The summed E-state index contributed by atoms with van der Waals surface area (Å²) in [5, 5.41) is 16.5. The van der Waals surface area contributed by atoms with Crippen LogP contribution >= 0.6 is 0 Å². The average molecular weight is 185 g/mol. The largest absolute Gasteiger partial charge is 0.467 e. The highest BCUT2D eigenvalue weighted by Gasteiger charge is 2.17. The summed E-state index contributed by atoms with van der Waals surface area (Å²) < 4.78 is 5.85. The van der Waals surface area contributed by atoms with Gasteiger partial charge in [-0.2, -0.15) is 0 Å². The Balaban J connectivity index is 2.59. The Morgan fingerprint density at radius 3 is 3.00 bits per heavy atom. The van der Waals surface area contributed by atoms with E-state index in [4.69, 9.17) is 0 Å². The zero-order valence-corrected chi connectivity index (χ0v) is 7.47. The van der Waals surface area contributed by atoms with Gasteiger partial charge in [-0.1, -0.05) is 5.21 Å². The predicted octanol–water partition coefficient (Wildman–Crippen LogP) is -1.11. The van der Waals surface area contributed by atoms with Crippen LogP contribution in [0.2, 0.25) is 0 Å². The summed E-state index contributed by atoms with van der Waals surface area (Å²) in [6.45, 7) is 0. The van der Waals surface area contributed by atoms with Crippen LogP contribution in [0.3, 0.4) is 0 Å². The third-order valence-electron chi connectivity index (χ3n) is 1.68. The Hall–Kier alpha value is -1.43. The van der Waals surface area contributed by atoms with Crippen molar-refractivity contribution in [3.8, 4) is 0 Å². The minimum atomic E-state index is -1.15. The topological polar surface area (TPSA) is 77.2 Å². The Labute approximate surface area is 75.1 Å². The zero-order valence-electron chi connectivity index (χ0n) is 7.47.